The van der Waals surface area contributed by atoms with E-state index >= 15 is 0 Å². The molecule has 0 spiro atoms. The Labute approximate surface area is 101 Å². The second-order valence-electron chi connectivity index (χ2n) is 5.40. The van der Waals surface area contributed by atoms with E-state index in [2.05, 4.69) is 10.4 Å². The predicted octanol–water partition coefficient (Wildman–Crippen LogP) is 2.71. The van der Waals surface area contributed by atoms with Crippen LogP contribution >= 0.6 is 0 Å². The van der Waals surface area contributed by atoms with Crippen LogP contribution in [-0.2, 0) is 4.79 Å². The van der Waals surface area contributed by atoms with Gasteiger partial charge in [-0.2, -0.15) is 5.10 Å². The first kappa shape index (κ1) is 11.6. The minimum Gasteiger partial charge on any atom is -0.326 e. The van der Waals surface area contributed by atoms with E-state index < -0.39 is 0 Å². The molecule has 4 nitrogen and oxygen atoms in total. The Bertz CT molecular complexity index is 537. The first-order chi connectivity index (χ1) is 7.94. The van der Waals surface area contributed by atoms with Gasteiger partial charge in [0.25, 0.3) is 0 Å². The Morgan fingerprint density at radius 1 is 1.41 bits per heavy atom. The zero-order valence-electron chi connectivity index (χ0n) is 10.4. The summed E-state index contributed by atoms with van der Waals surface area (Å²) in [6, 6.07) is 5.66. The van der Waals surface area contributed by atoms with Gasteiger partial charge in [0.05, 0.1) is 5.52 Å². The second kappa shape index (κ2) is 4.20. The number of rotatable bonds is 2. The Morgan fingerprint density at radius 3 is 2.88 bits per heavy atom. The third kappa shape index (κ3) is 3.06. The van der Waals surface area contributed by atoms with Gasteiger partial charge < -0.3 is 5.32 Å². The fourth-order valence-electron chi connectivity index (χ4n) is 1.69. The molecule has 0 aromatic carbocycles. The number of nitrogens with one attached hydrogen (secondary N) is 1. The molecule has 2 heterocycles. The van der Waals surface area contributed by atoms with Gasteiger partial charge in [0.1, 0.15) is 0 Å². The molecule has 90 valence electrons. The van der Waals surface area contributed by atoms with Crippen molar-refractivity contribution in [2.24, 2.45) is 5.41 Å². The van der Waals surface area contributed by atoms with Crippen LogP contribution in [-0.4, -0.2) is 15.5 Å². The van der Waals surface area contributed by atoms with E-state index in [1.807, 2.05) is 45.2 Å². The lowest BCUT2D eigenvalue weighted by Crippen LogP contribution is -2.19. The number of pyridine rings is 1. The smallest absolute Gasteiger partial charge is 0.224 e. The lowest BCUT2D eigenvalue weighted by molar-refractivity contribution is -0.117. The van der Waals surface area contributed by atoms with Crippen molar-refractivity contribution >= 4 is 17.1 Å². The first-order valence-electron chi connectivity index (χ1n) is 5.67. The molecule has 17 heavy (non-hydrogen) atoms. The van der Waals surface area contributed by atoms with Gasteiger partial charge in [-0.05, 0) is 23.6 Å². The number of fused-ring (bicyclic) bond motifs is 1. The number of hydrogen-bond donors (Lipinski definition) is 1. The van der Waals surface area contributed by atoms with Crippen molar-refractivity contribution in [3.63, 3.8) is 0 Å². The van der Waals surface area contributed by atoms with Gasteiger partial charge >= 0.3 is 0 Å². The van der Waals surface area contributed by atoms with E-state index in [1.165, 1.54) is 0 Å². The van der Waals surface area contributed by atoms with Gasteiger partial charge in [-0.15, -0.1) is 0 Å². The maximum Gasteiger partial charge on any atom is 0.224 e. The van der Waals surface area contributed by atoms with Gasteiger partial charge in [-0.1, -0.05) is 20.8 Å². The fourth-order valence-corrected chi connectivity index (χ4v) is 1.69. The van der Waals surface area contributed by atoms with Crippen LogP contribution in [0.15, 0.2) is 30.6 Å². The van der Waals surface area contributed by atoms with E-state index in [4.69, 9.17) is 0 Å². The third-order valence-electron chi connectivity index (χ3n) is 2.37. The third-order valence-corrected chi connectivity index (χ3v) is 2.37. The molecule has 1 amide bonds. The molecule has 0 atom stereocenters. The van der Waals surface area contributed by atoms with E-state index in [0.717, 1.165) is 11.2 Å². The van der Waals surface area contributed by atoms with Crippen molar-refractivity contribution in [2.45, 2.75) is 27.2 Å². The van der Waals surface area contributed by atoms with E-state index in [-0.39, 0.29) is 11.3 Å². The van der Waals surface area contributed by atoms with Crippen molar-refractivity contribution in [2.75, 3.05) is 5.32 Å². The minimum absolute atomic E-state index is 0.00476. The lowest BCUT2D eigenvalue weighted by Gasteiger charge is -2.17. The van der Waals surface area contributed by atoms with Crippen molar-refractivity contribution in [1.82, 2.24) is 9.61 Å². The molecule has 0 unspecified atom stereocenters. The maximum atomic E-state index is 11.8. The minimum atomic E-state index is 0.00476. The summed E-state index contributed by atoms with van der Waals surface area (Å²) in [4.78, 5) is 11.8. The van der Waals surface area contributed by atoms with Gasteiger partial charge in [-0.25, -0.2) is 4.52 Å². The molecule has 0 aliphatic heterocycles. The van der Waals surface area contributed by atoms with Gasteiger partial charge in [0, 0.05) is 24.5 Å². The summed E-state index contributed by atoms with van der Waals surface area (Å²) in [6.07, 6.45) is 4.08. The maximum absolute atomic E-state index is 11.8. The number of amides is 1. The molecule has 4 heteroatoms. The van der Waals surface area contributed by atoms with Crippen LogP contribution < -0.4 is 5.32 Å². The molecular weight excluding hydrogens is 214 g/mol. The Kier molecular flexibility index (Phi) is 2.88. The van der Waals surface area contributed by atoms with Crippen LogP contribution in [0.3, 0.4) is 0 Å². The standard InChI is InChI=1S/C13H17N3O/c1-13(2,3)9-12(17)15-10-5-7-16-11(8-10)4-6-14-16/h4-8H,9H2,1-3H3,(H,15,17). The highest BCUT2D eigenvalue weighted by molar-refractivity contribution is 5.91. The van der Waals surface area contributed by atoms with Crippen LogP contribution in [0.2, 0.25) is 0 Å². The molecule has 0 saturated carbocycles. The zero-order valence-corrected chi connectivity index (χ0v) is 10.4. The lowest BCUT2D eigenvalue weighted by atomic mass is 9.92. The molecule has 2 rings (SSSR count). The monoisotopic (exact) mass is 231 g/mol. The molecule has 2 aromatic rings. The molecule has 0 aliphatic rings. The van der Waals surface area contributed by atoms with Gasteiger partial charge in [0.2, 0.25) is 5.91 Å². The van der Waals surface area contributed by atoms with Crippen LogP contribution in [0.1, 0.15) is 27.2 Å². The summed E-state index contributed by atoms with van der Waals surface area (Å²) < 4.78 is 1.76. The number of anilines is 1. The van der Waals surface area contributed by atoms with E-state index in [0.29, 0.717) is 6.42 Å². The average molecular weight is 231 g/mol. The van der Waals surface area contributed by atoms with Crippen molar-refractivity contribution in [3.8, 4) is 0 Å². The number of aromatic nitrogens is 2. The van der Waals surface area contributed by atoms with Crippen LogP contribution in [0.25, 0.3) is 5.52 Å². The van der Waals surface area contributed by atoms with E-state index in [9.17, 15) is 4.79 Å². The Hall–Kier alpha value is -1.84. The molecule has 0 saturated heterocycles. The highest BCUT2D eigenvalue weighted by Gasteiger charge is 2.15. The fraction of sp³-hybridized carbons (Fsp3) is 0.385. The molecular formula is C13H17N3O. The normalized spacial score (nSPS) is 11.7. The predicted molar refractivity (Wildman–Crippen MR) is 67.9 cm³/mol. The quantitative estimate of drug-likeness (QED) is 0.863. The summed E-state index contributed by atoms with van der Waals surface area (Å²) in [5.41, 5.74) is 1.79. The summed E-state index contributed by atoms with van der Waals surface area (Å²) in [5, 5.41) is 7.00. The van der Waals surface area contributed by atoms with Crippen LogP contribution in [0, 0.1) is 5.41 Å². The SMILES string of the molecule is CC(C)(C)CC(=O)Nc1ccn2nccc2c1. The first-order valence-corrected chi connectivity index (χ1v) is 5.67. The number of carbonyl (C=O) groups is 1. The summed E-state index contributed by atoms with van der Waals surface area (Å²) in [6.45, 7) is 6.15. The van der Waals surface area contributed by atoms with Crippen molar-refractivity contribution in [3.05, 3.63) is 30.6 Å². The Morgan fingerprint density at radius 2 is 2.18 bits per heavy atom. The topological polar surface area (TPSA) is 46.4 Å². The molecule has 0 aliphatic carbocycles. The van der Waals surface area contributed by atoms with Crippen molar-refractivity contribution in [1.29, 1.82) is 0 Å². The highest BCUT2D eigenvalue weighted by Crippen LogP contribution is 2.20. The molecule has 0 fully saturated rings. The summed E-state index contributed by atoms with van der Waals surface area (Å²) >= 11 is 0. The number of carbonyl (C=O) groups excluding carboxylic acids is 1. The van der Waals surface area contributed by atoms with Crippen LogP contribution in [0.4, 0.5) is 5.69 Å². The highest BCUT2D eigenvalue weighted by atomic mass is 16.1. The van der Waals surface area contributed by atoms with E-state index in [1.54, 1.807) is 10.7 Å². The molecule has 0 radical (unpaired) electrons. The average Bonchev–Trinajstić information content (AvgIpc) is 2.61. The number of hydrogen-bond acceptors (Lipinski definition) is 2. The molecule has 0 bridgehead atoms. The Balaban J connectivity index is 2.10. The van der Waals surface area contributed by atoms with Crippen LogP contribution in [0.5, 0.6) is 0 Å². The largest absolute Gasteiger partial charge is 0.326 e. The molecule has 2 aromatic heterocycles. The van der Waals surface area contributed by atoms with Gasteiger partial charge in [0.15, 0.2) is 0 Å². The van der Waals surface area contributed by atoms with Crippen molar-refractivity contribution < 1.29 is 4.79 Å². The molecule has 1 N–H and O–H groups in total. The second-order valence-corrected chi connectivity index (χ2v) is 5.40. The summed E-state index contributed by atoms with van der Waals surface area (Å²) in [7, 11) is 0. The number of nitrogens with zero attached hydrogens (tertiary/aromatic N) is 2. The zero-order chi connectivity index (χ0) is 12.5. The summed E-state index contributed by atoms with van der Waals surface area (Å²) in [5.74, 6) is 0.0429. The van der Waals surface area contributed by atoms with Gasteiger partial charge in [-0.3, -0.25) is 4.79 Å².